The largest absolute Gasteiger partial charge is 0.330 e. The van der Waals surface area contributed by atoms with Gasteiger partial charge in [0.05, 0.1) is 0 Å². The lowest BCUT2D eigenvalue weighted by Crippen LogP contribution is -2.46. The first-order chi connectivity index (χ1) is 7.74. The predicted molar refractivity (Wildman–Crippen MR) is 69.4 cm³/mol. The number of hydrogen-bond donors (Lipinski definition) is 1. The lowest BCUT2D eigenvalue weighted by atomic mass is 9.70. The van der Waals surface area contributed by atoms with Crippen LogP contribution in [0.3, 0.4) is 0 Å². The molecule has 0 radical (unpaired) electrons. The van der Waals surface area contributed by atoms with E-state index < -0.39 is 0 Å². The molecular weight excluding hydrogens is 196 g/mol. The Morgan fingerprint density at radius 1 is 1.12 bits per heavy atom. The van der Waals surface area contributed by atoms with Crippen molar-refractivity contribution in [2.45, 2.75) is 51.9 Å². The summed E-state index contributed by atoms with van der Waals surface area (Å²) >= 11 is 0. The van der Waals surface area contributed by atoms with Gasteiger partial charge in [-0.2, -0.15) is 0 Å². The lowest BCUT2D eigenvalue weighted by molar-refractivity contribution is 0.0838. The van der Waals surface area contributed by atoms with Crippen LogP contribution in [-0.4, -0.2) is 31.1 Å². The summed E-state index contributed by atoms with van der Waals surface area (Å²) in [5, 5.41) is 0. The zero-order chi connectivity index (χ0) is 11.4. The maximum Gasteiger partial charge on any atom is 0.00501 e. The molecule has 2 nitrogen and oxygen atoms in total. The van der Waals surface area contributed by atoms with E-state index >= 15 is 0 Å². The zero-order valence-corrected chi connectivity index (χ0v) is 10.9. The molecule has 0 unspecified atom stereocenters. The van der Waals surface area contributed by atoms with Crippen molar-refractivity contribution in [1.29, 1.82) is 0 Å². The van der Waals surface area contributed by atoms with Crippen molar-refractivity contribution < 1.29 is 0 Å². The highest BCUT2D eigenvalue weighted by atomic mass is 15.1. The molecule has 1 heterocycles. The van der Waals surface area contributed by atoms with Crippen LogP contribution in [0.4, 0.5) is 0 Å². The van der Waals surface area contributed by atoms with Crippen LogP contribution in [0.25, 0.3) is 0 Å². The third-order valence-electron chi connectivity index (χ3n) is 4.78. The molecule has 0 amide bonds. The first kappa shape index (κ1) is 12.4. The van der Waals surface area contributed by atoms with Crippen molar-refractivity contribution in [3.8, 4) is 0 Å². The average molecular weight is 224 g/mol. The number of piperidine rings is 1. The van der Waals surface area contributed by atoms with Gasteiger partial charge in [0, 0.05) is 6.54 Å². The van der Waals surface area contributed by atoms with Crippen molar-refractivity contribution >= 4 is 0 Å². The van der Waals surface area contributed by atoms with E-state index in [0.717, 1.165) is 12.5 Å². The average Bonchev–Trinajstić information content (AvgIpc) is 2.34. The molecule has 0 spiro atoms. The fourth-order valence-corrected chi connectivity index (χ4v) is 3.39. The molecule has 1 saturated carbocycles. The summed E-state index contributed by atoms with van der Waals surface area (Å²) in [4.78, 5) is 2.67. The van der Waals surface area contributed by atoms with Crippen molar-refractivity contribution in [3.05, 3.63) is 0 Å². The zero-order valence-electron chi connectivity index (χ0n) is 10.9. The van der Waals surface area contributed by atoms with E-state index in [1.54, 1.807) is 0 Å². The monoisotopic (exact) mass is 224 g/mol. The van der Waals surface area contributed by atoms with Crippen LogP contribution in [0.1, 0.15) is 51.9 Å². The van der Waals surface area contributed by atoms with Crippen LogP contribution in [0, 0.1) is 11.3 Å². The quantitative estimate of drug-likeness (QED) is 0.798. The molecular formula is C14H28N2. The molecule has 0 atom stereocenters. The molecule has 1 aliphatic heterocycles. The van der Waals surface area contributed by atoms with E-state index in [1.807, 2.05) is 0 Å². The van der Waals surface area contributed by atoms with Gasteiger partial charge in [-0.05, 0) is 56.7 Å². The molecule has 1 saturated heterocycles. The first-order valence-corrected chi connectivity index (χ1v) is 7.16. The molecule has 2 rings (SSSR count). The molecule has 2 fully saturated rings. The van der Waals surface area contributed by atoms with E-state index in [9.17, 15) is 0 Å². The van der Waals surface area contributed by atoms with Crippen LogP contribution in [0.5, 0.6) is 0 Å². The van der Waals surface area contributed by atoms with Crippen molar-refractivity contribution in [2.24, 2.45) is 17.1 Å². The van der Waals surface area contributed by atoms with Crippen LogP contribution in [0.2, 0.25) is 0 Å². The van der Waals surface area contributed by atoms with Crippen LogP contribution in [-0.2, 0) is 0 Å². The normalized spacial score (nSPS) is 37.5. The van der Waals surface area contributed by atoms with Gasteiger partial charge in [0.15, 0.2) is 0 Å². The summed E-state index contributed by atoms with van der Waals surface area (Å²) in [5.74, 6) is 0.932. The molecule has 2 heteroatoms. The third-order valence-corrected chi connectivity index (χ3v) is 4.78. The molecule has 0 aromatic rings. The summed E-state index contributed by atoms with van der Waals surface area (Å²) in [6.07, 6.45) is 9.75. The number of nitrogens with zero attached hydrogens (tertiary/aromatic N) is 1. The molecule has 2 N–H and O–H groups in total. The van der Waals surface area contributed by atoms with Gasteiger partial charge in [-0.3, -0.25) is 0 Å². The summed E-state index contributed by atoms with van der Waals surface area (Å²) in [6.45, 7) is 7.20. The highest BCUT2D eigenvalue weighted by Crippen LogP contribution is 2.39. The van der Waals surface area contributed by atoms with Gasteiger partial charge in [-0.25, -0.2) is 0 Å². The fraction of sp³-hybridized carbons (Fsp3) is 1.00. The minimum Gasteiger partial charge on any atom is -0.330 e. The van der Waals surface area contributed by atoms with Gasteiger partial charge >= 0.3 is 0 Å². The topological polar surface area (TPSA) is 29.3 Å². The highest BCUT2D eigenvalue weighted by molar-refractivity contribution is 4.88. The Labute approximate surface area is 101 Å². The van der Waals surface area contributed by atoms with E-state index in [2.05, 4.69) is 11.8 Å². The summed E-state index contributed by atoms with van der Waals surface area (Å²) in [7, 11) is 0. The van der Waals surface area contributed by atoms with Gasteiger partial charge in [0.1, 0.15) is 0 Å². The lowest BCUT2D eigenvalue weighted by Gasteiger charge is -2.43. The fourth-order valence-electron chi connectivity index (χ4n) is 3.39. The third kappa shape index (κ3) is 2.98. The van der Waals surface area contributed by atoms with Gasteiger partial charge in [0.25, 0.3) is 0 Å². The van der Waals surface area contributed by atoms with Crippen molar-refractivity contribution in [1.82, 2.24) is 4.90 Å². The van der Waals surface area contributed by atoms with E-state index in [1.165, 1.54) is 64.6 Å². The second kappa shape index (κ2) is 5.50. The van der Waals surface area contributed by atoms with Crippen molar-refractivity contribution in [3.63, 3.8) is 0 Å². The second-order valence-electron chi connectivity index (χ2n) is 6.22. The van der Waals surface area contributed by atoms with E-state index in [-0.39, 0.29) is 0 Å². The Morgan fingerprint density at radius 2 is 1.75 bits per heavy atom. The van der Waals surface area contributed by atoms with Crippen LogP contribution in [0.15, 0.2) is 0 Å². The van der Waals surface area contributed by atoms with Gasteiger partial charge in [-0.15, -0.1) is 0 Å². The summed E-state index contributed by atoms with van der Waals surface area (Å²) < 4.78 is 0. The Bertz CT molecular complexity index is 201. The molecule has 0 bridgehead atoms. The minimum atomic E-state index is 0.462. The molecule has 0 aromatic carbocycles. The maximum absolute atomic E-state index is 6.07. The Balaban J connectivity index is 1.88. The maximum atomic E-state index is 6.07. The smallest absolute Gasteiger partial charge is 0.00501 e. The predicted octanol–water partition coefficient (Wildman–Crippen LogP) is 2.63. The number of hydrogen-bond acceptors (Lipinski definition) is 2. The van der Waals surface area contributed by atoms with Crippen molar-refractivity contribution in [2.75, 3.05) is 26.2 Å². The Hall–Kier alpha value is -0.0800. The van der Waals surface area contributed by atoms with Crippen LogP contribution >= 0.6 is 0 Å². The number of rotatable bonds is 3. The summed E-state index contributed by atoms with van der Waals surface area (Å²) in [6, 6.07) is 0. The first-order valence-electron chi connectivity index (χ1n) is 7.16. The Kier molecular flexibility index (Phi) is 4.26. The molecule has 94 valence electrons. The second-order valence-corrected chi connectivity index (χ2v) is 6.22. The summed E-state index contributed by atoms with van der Waals surface area (Å²) in [5.41, 5.74) is 6.54. The molecule has 16 heavy (non-hydrogen) atoms. The SMILES string of the molecule is CC1CCC(CN)(CN2CCCCC2)CC1. The molecule has 0 aromatic heterocycles. The van der Waals surface area contributed by atoms with Crippen LogP contribution < -0.4 is 5.73 Å². The Morgan fingerprint density at radius 3 is 2.31 bits per heavy atom. The standard InChI is InChI=1S/C14H28N2/c1-13-5-7-14(11-15,8-6-13)12-16-9-3-2-4-10-16/h13H,2-12,15H2,1H3. The minimum absolute atomic E-state index is 0.462. The van der Waals surface area contributed by atoms with Gasteiger partial charge < -0.3 is 10.6 Å². The number of likely N-dealkylation sites (tertiary alicyclic amines) is 1. The number of nitrogens with two attached hydrogens (primary N) is 1. The molecule has 1 aliphatic carbocycles. The van der Waals surface area contributed by atoms with E-state index in [4.69, 9.17) is 5.73 Å². The van der Waals surface area contributed by atoms with E-state index in [0.29, 0.717) is 5.41 Å². The highest BCUT2D eigenvalue weighted by Gasteiger charge is 2.34. The van der Waals surface area contributed by atoms with Gasteiger partial charge in [0.2, 0.25) is 0 Å². The van der Waals surface area contributed by atoms with Gasteiger partial charge in [-0.1, -0.05) is 26.2 Å². The molecule has 2 aliphatic rings.